The highest BCUT2D eigenvalue weighted by molar-refractivity contribution is 5.75. The van der Waals surface area contributed by atoms with Crippen molar-refractivity contribution in [2.24, 2.45) is 17.6 Å². The molecule has 82 valence electrons. The molecule has 0 spiro atoms. The zero-order chi connectivity index (χ0) is 10.6. The SMILES string of the molecule is COC(=O)C(CN)NCC(C)C1CC1. The van der Waals surface area contributed by atoms with Gasteiger partial charge in [-0.2, -0.15) is 0 Å². The second-order valence-corrected chi connectivity index (χ2v) is 4.03. The highest BCUT2D eigenvalue weighted by Crippen LogP contribution is 2.36. The largest absolute Gasteiger partial charge is 0.468 e. The molecule has 0 aromatic rings. The number of nitrogens with two attached hydrogens (primary N) is 1. The van der Waals surface area contributed by atoms with Gasteiger partial charge in [0.2, 0.25) is 0 Å². The normalized spacial score (nSPS) is 20.2. The summed E-state index contributed by atoms with van der Waals surface area (Å²) in [5.74, 6) is 1.21. The topological polar surface area (TPSA) is 64.3 Å². The average molecular weight is 200 g/mol. The maximum atomic E-state index is 11.2. The molecule has 2 atom stereocenters. The van der Waals surface area contributed by atoms with E-state index in [0.29, 0.717) is 12.5 Å². The summed E-state index contributed by atoms with van der Waals surface area (Å²) in [4.78, 5) is 11.2. The predicted octanol–water partition coefficient (Wildman–Crippen LogP) is 0.122. The van der Waals surface area contributed by atoms with Crippen LogP contribution < -0.4 is 11.1 Å². The fourth-order valence-corrected chi connectivity index (χ4v) is 1.57. The van der Waals surface area contributed by atoms with Crippen molar-refractivity contribution in [2.75, 3.05) is 20.2 Å². The van der Waals surface area contributed by atoms with Crippen LogP contribution in [0.5, 0.6) is 0 Å². The molecule has 1 fully saturated rings. The first-order valence-electron chi connectivity index (χ1n) is 5.20. The molecule has 1 saturated carbocycles. The fourth-order valence-electron chi connectivity index (χ4n) is 1.57. The molecule has 0 amide bonds. The summed E-state index contributed by atoms with van der Waals surface area (Å²) in [6.45, 7) is 3.35. The van der Waals surface area contributed by atoms with Crippen molar-refractivity contribution in [2.45, 2.75) is 25.8 Å². The van der Waals surface area contributed by atoms with E-state index in [1.165, 1.54) is 20.0 Å². The van der Waals surface area contributed by atoms with Gasteiger partial charge in [-0.05, 0) is 31.2 Å². The van der Waals surface area contributed by atoms with Crippen molar-refractivity contribution < 1.29 is 9.53 Å². The summed E-state index contributed by atoms with van der Waals surface area (Å²) in [6.07, 6.45) is 2.66. The van der Waals surface area contributed by atoms with Crippen LogP contribution in [0.4, 0.5) is 0 Å². The molecule has 1 aliphatic rings. The summed E-state index contributed by atoms with van der Waals surface area (Å²) in [7, 11) is 1.39. The molecule has 1 rings (SSSR count). The van der Waals surface area contributed by atoms with E-state index in [4.69, 9.17) is 5.73 Å². The van der Waals surface area contributed by atoms with E-state index in [0.717, 1.165) is 12.5 Å². The van der Waals surface area contributed by atoms with Crippen LogP contribution in [0.1, 0.15) is 19.8 Å². The average Bonchev–Trinajstić information content (AvgIpc) is 3.01. The molecule has 0 bridgehead atoms. The molecule has 0 aromatic carbocycles. The van der Waals surface area contributed by atoms with Gasteiger partial charge < -0.3 is 15.8 Å². The Bertz CT molecular complexity index is 193. The summed E-state index contributed by atoms with van der Waals surface area (Å²) in [6, 6.07) is -0.346. The van der Waals surface area contributed by atoms with Crippen LogP contribution in [0.15, 0.2) is 0 Å². The third-order valence-corrected chi connectivity index (χ3v) is 2.83. The van der Waals surface area contributed by atoms with Crippen LogP contribution in [-0.2, 0) is 9.53 Å². The van der Waals surface area contributed by atoms with Crippen LogP contribution in [0, 0.1) is 11.8 Å². The molecule has 0 saturated heterocycles. The van der Waals surface area contributed by atoms with Gasteiger partial charge >= 0.3 is 5.97 Å². The number of carbonyl (C=O) groups excluding carboxylic acids is 1. The second kappa shape index (κ2) is 5.32. The molecule has 0 aromatic heterocycles. The Morgan fingerprint density at radius 2 is 2.29 bits per heavy atom. The minimum atomic E-state index is -0.346. The van der Waals surface area contributed by atoms with Crippen molar-refractivity contribution in [3.05, 3.63) is 0 Å². The quantitative estimate of drug-likeness (QED) is 0.598. The van der Waals surface area contributed by atoms with Crippen molar-refractivity contribution in [3.63, 3.8) is 0 Å². The number of ether oxygens (including phenoxy) is 1. The van der Waals surface area contributed by atoms with E-state index in [1.807, 2.05) is 0 Å². The Kier molecular flexibility index (Phi) is 4.35. The molecule has 3 N–H and O–H groups in total. The number of rotatable bonds is 6. The highest BCUT2D eigenvalue weighted by Gasteiger charge is 2.28. The van der Waals surface area contributed by atoms with Crippen LogP contribution in [0.25, 0.3) is 0 Å². The molecule has 2 unspecified atom stereocenters. The monoisotopic (exact) mass is 200 g/mol. The van der Waals surface area contributed by atoms with Gasteiger partial charge in [-0.25, -0.2) is 0 Å². The van der Waals surface area contributed by atoms with Gasteiger partial charge in [-0.1, -0.05) is 6.92 Å². The molecule has 14 heavy (non-hydrogen) atoms. The van der Waals surface area contributed by atoms with E-state index >= 15 is 0 Å². The summed E-state index contributed by atoms with van der Waals surface area (Å²) in [5.41, 5.74) is 5.46. The minimum Gasteiger partial charge on any atom is -0.468 e. The van der Waals surface area contributed by atoms with Crippen LogP contribution in [0.3, 0.4) is 0 Å². The lowest BCUT2D eigenvalue weighted by Gasteiger charge is -2.17. The van der Waals surface area contributed by atoms with Crippen LogP contribution in [0.2, 0.25) is 0 Å². The van der Waals surface area contributed by atoms with E-state index in [9.17, 15) is 4.79 Å². The Morgan fingerprint density at radius 3 is 2.71 bits per heavy atom. The lowest BCUT2D eigenvalue weighted by molar-refractivity contribution is -0.142. The highest BCUT2D eigenvalue weighted by atomic mass is 16.5. The smallest absolute Gasteiger partial charge is 0.324 e. The third kappa shape index (κ3) is 3.27. The Hall–Kier alpha value is -0.610. The van der Waals surface area contributed by atoms with E-state index in [1.54, 1.807) is 0 Å². The van der Waals surface area contributed by atoms with Crippen molar-refractivity contribution >= 4 is 5.97 Å². The standard InChI is InChI=1S/C10H20N2O2/c1-7(8-3-4-8)6-12-9(5-11)10(13)14-2/h7-9,12H,3-6,11H2,1-2H3. The van der Waals surface area contributed by atoms with E-state index < -0.39 is 0 Å². The minimum absolute atomic E-state index is 0.268. The van der Waals surface area contributed by atoms with Crippen molar-refractivity contribution in [3.8, 4) is 0 Å². The maximum Gasteiger partial charge on any atom is 0.324 e. The number of hydrogen-bond acceptors (Lipinski definition) is 4. The Balaban J connectivity index is 2.22. The third-order valence-electron chi connectivity index (χ3n) is 2.83. The summed E-state index contributed by atoms with van der Waals surface area (Å²) < 4.78 is 4.63. The van der Waals surface area contributed by atoms with Gasteiger partial charge in [0.15, 0.2) is 0 Å². The zero-order valence-corrected chi connectivity index (χ0v) is 8.95. The van der Waals surface area contributed by atoms with Gasteiger partial charge in [0.05, 0.1) is 7.11 Å². The first-order valence-corrected chi connectivity index (χ1v) is 5.20. The zero-order valence-electron chi connectivity index (χ0n) is 8.95. The van der Waals surface area contributed by atoms with E-state index in [-0.39, 0.29) is 12.0 Å². The molecular weight excluding hydrogens is 180 g/mol. The van der Waals surface area contributed by atoms with Gasteiger partial charge in [0.25, 0.3) is 0 Å². The first-order chi connectivity index (χ1) is 6.69. The molecule has 0 aliphatic heterocycles. The molecule has 1 aliphatic carbocycles. The van der Waals surface area contributed by atoms with Crippen molar-refractivity contribution in [1.29, 1.82) is 0 Å². The number of methoxy groups -OCH3 is 1. The van der Waals surface area contributed by atoms with Crippen LogP contribution in [-0.4, -0.2) is 32.2 Å². The van der Waals surface area contributed by atoms with E-state index in [2.05, 4.69) is 17.0 Å². The number of hydrogen-bond donors (Lipinski definition) is 2. The molecular formula is C10H20N2O2. The lowest BCUT2D eigenvalue weighted by Crippen LogP contribution is -2.45. The summed E-state index contributed by atoms with van der Waals surface area (Å²) in [5, 5.41) is 3.14. The molecule has 0 radical (unpaired) electrons. The fraction of sp³-hybridized carbons (Fsp3) is 0.900. The predicted molar refractivity (Wildman–Crippen MR) is 54.7 cm³/mol. The molecule has 4 heteroatoms. The van der Waals surface area contributed by atoms with Gasteiger partial charge in [-0.3, -0.25) is 4.79 Å². The number of esters is 1. The molecule has 0 heterocycles. The van der Waals surface area contributed by atoms with Crippen LogP contribution >= 0.6 is 0 Å². The molecule has 4 nitrogen and oxygen atoms in total. The first kappa shape index (κ1) is 11.5. The maximum absolute atomic E-state index is 11.2. The van der Waals surface area contributed by atoms with Gasteiger partial charge in [0, 0.05) is 6.54 Å². The number of nitrogens with one attached hydrogen (secondary N) is 1. The van der Waals surface area contributed by atoms with Gasteiger partial charge in [0.1, 0.15) is 6.04 Å². The second-order valence-electron chi connectivity index (χ2n) is 4.03. The number of carbonyl (C=O) groups is 1. The Labute approximate surface area is 85.2 Å². The Morgan fingerprint density at radius 1 is 1.64 bits per heavy atom. The summed E-state index contributed by atoms with van der Waals surface area (Å²) >= 11 is 0. The van der Waals surface area contributed by atoms with Gasteiger partial charge in [-0.15, -0.1) is 0 Å². The lowest BCUT2D eigenvalue weighted by atomic mass is 10.1. The van der Waals surface area contributed by atoms with Crippen molar-refractivity contribution in [1.82, 2.24) is 5.32 Å².